The molecule has 0 saturated carbocycles. The lowest BCUT2D eigenvalue weighted by atomic mass is 9.67. The van der Waals surface area contributed by atoms with Crippen molar-refractivity contribution < 1.29 is 14.7 Å². The third-order valence-electron chi connectivity index (χ3n) is 6.24. The number of carboxylic acids is 1. The van der Waals surface area contributed by atoms with Gasteiger partial charge in [0.1, 0.15) is 0 Å². The van der Waals surface area contributed by atoms with Crippen molar-refractivity contribution in [1.82, 2.24) is 0 Å². The Labute approximate surface area is 175 Å². The van der Waals surface area contributed by atoms with Crippen LogP contribution in [0.15, 0.2) is 66.2 Å². The highest BCUT2D eigenvalue weighted by atomic mass is 16.4. The van der Waals surface area contributed by atoms with Gasteiger partial charge in [0.25, 0.3) is 0 Å². The van der Waals surface area contributed by atoms with E-state index in [1.54, 1.807) is 12.1 Å². The minimum Gasteiger partial charge on any atom is -0.478 e. The fourth-order valence-corrected chi connectivity index (χ4v) is 5.01. The Morgan fingerprint density at radius 1 is 1.00 bits per heavy atom. The molecule has 1 heterocycles. The van der Waals surface area contributed by atoms with Crippen LogP contribution in [0.3, 0.4) is 0 Å². The second-order valence-corrected chi connectivity index (χ2v) is 9.01. The summed E-state index contributed by atoms with van der Waals surface area (Å²) in [5, 5.41) is 15.5. The van der Waals surface area contributed by atoms with Crippen LogP contribution >= 0.6 is 0 Å². The number of rotatable bonds is 2. The molecule has 3 aromatic rings. The largest absolute Gasteiger partial charge is 0.478 e. The molecule has 0 fully saturated rings. The van der Waals surface area contributed by atoms with E-state index >= 15 is 0 Å². The van der Waals surface area contributed by atoms with Gasteiger partial charge in [0, 0.05) is 23.2 Å². The number of fused-ring (bicyclic) bond motifs is 4. The van der Waals surface area contributed by atoms with Gasteiger partial charge in [0.2, 0.25) is 0 Å². The molecule has 150 valence electrons. The summed E-state index contributed by atoms with van der Waals surface area (Å²) in [4.78, 5) is 25.3. The minimum absolute atomic E-state index is 0.0949. The quantitative estimate of drug-likeness (QED) is 0.569. The molecule has 0 bridgehead atoms. The van der Waals surface area contributed by atoms with Crippen molar-refractivity contribution in [3.8, 4) is 0 Å². The predicted molar refractivity (Wildman–Crippen MR) is 119 cm³/mol. The van der Waals surface area contributed by atoms with Crippen LogP contribution in [0, 0.1) is 5.41 Å². The van der Waals surface area contributed by atoms with Crippen molar-refractivity contribution in [2.24, 2.45) is 5.41 Å². The Hall–Kier alpha value is -3.40. The number of allylic oxidation sites excluding steroid dienone is 1. The summed E-state index contributed by atoms with van der Waals surface area (Å²) in [7, 11) is 0. The van der Waals surface area contributed by atoms with E-state index in [4.69, 9.17) is 0 Å². The average molecular weight is 397 g/mol. The van der Waals surface area contributed by atoms with Gasteiger partial charge >= 0.3 is 5.97 Å². The van der Waals surface area contributed by atoms with Crippen LogP contribution in [0.25, 0.3) is 16.3 Å². The minimum atomic E-state index is -0.984. The van der Waals surface area contributed by atoms with Crippen molar-refractivity contribution in [1.29, 1.82) is 0 Å². The van der Waals surface area contributed by atoms with E-state index in [2.05, 4.69) is 37.4 Å². The number of carbonyl (C=O) groups excluding carboxylic acids is 1. The number of benzene rings is 3. The third kappa shape index (κ3) is 2.83. The maximum atomic E-state index is 13.4. The van der Waals surface area contributed by atoms with Crippen LogP contribution in [0.2, 0.25) is 0 Å². The van der Waals surface area contributed by atoms with Crippen LogP contribution in [0.4, 0.5) is 5.69 Å². The maximum absolute atomic E-state index is 13.4. The van der Waals surface area contributed by atoms with Crippen molar-refractivity contribution in [3.63, 3.8) is 0 Å². The van der Waals surface area contributed by atoms with Crippen LogP contribution in [0.5, 0.6) is 0 Å². The van der Waals surface area contributed by atoms with E-state index in [0.29, 0.717) is 17.6 Å². The number of Topliss-reactive ketones (excluding diaryl/α,β-unsaturated/α-hetero) is 1. The van der Waals surface area contributed by atoms with Crippen LogP contribution in [0.1, 0.15) is 54.2 Å². The zero-order valence-corrected chi connectivity index (χ0v) is 17.0. The van der Waals surface area contributed by atoms with Crippen LogP contribution in [-0.4, -0.2) is 16.9 Å². The Morgan fingerprint density at radius 2 is 1.73 bits per heavy atom. The molecule has 1 aliphatic carbocycles. The molecular formula is C26H23NO3. The van der Waals surface area contributed by atoms with Crippen LogP contribution < -0.4 is 5.32 Å². The highest BCUT2D eigenvalue weighted by molar-refractivity contribution is 6.13. The number of aromatic carboxylic acids is 1. The number of hydrogen-bond acceptors (Lipinski definition) is 3. The van der Waals surface area contributed by atoms with Gasteiger partial charge in [0.05, 0.1) is 11.6 Å². The first-order chi connectivity index (χ1) is 14.4. The normalized spacial score (nSPS) is 19.8. The molecule has 0 spiro atoms. The number of nitrogens with one attached hydrogen (secondary N) is 1. The molecule has 4 nitrogen and oxygen atoms in total. The number of carboxylic acid groups (broad SMARTS) is 1. The van der Waals surface area contributed by atoms with E-state index < -0.39 is 12.0 Å². The first-order valence-corrected chi connectivity index (χ1v) is 10.2. The smallest absolute Gasteiger partial charge is 0.336 e. The number of hydrogen-bond donors (Lipinski definition) is 2. The standard InChI is InChI=1S/C26H23NO3/c1-26(2)13-19-22-16-8-4-3-7-15(16)11-12-20(22)27-24(23(19)21(28)14-26)17-9-5-6-10-18(17)25(29)30/h3-12,24,27H,13-14H2,1-2H3,(H,29,30)/t24-/m1/s1. The van der Waals surface area contributed by atoms with E-state index in [9.17, 15) is 14.7 Å². The molecule has 1 atom stereocenters. The number of carbonyl (C=O) groups is 2. The summed E-state index contributed by atoms with van der Waals surface area (Å²) in [6.45, 7) is 4.25. The summed E-state index contributed by atoms with van der Waals surface area (Å²) in [6, 6.07) is 18.8. The van der Waals surface area contributed by atoms with Gasteiger partial charge in [-0.15, -0.1) is 0 Å². The second kappa shape index (κ2) is 6.56. The van der Waals surface area contributed by atoms with E-state index in [1.165, 1.54) is 0 Å². The Bertz CT molecular complexity index is 1250. The van der Waals surface area contributed by atoms with Crippen molar-refractivity contribution >= 4 is 33.8 Å². The maximum Gasteiger partial charge on any atom is 0.336 e. The predicted octanol–water partition coefficient (Wildman–Crippen LogP) is 5.85. The Kier molecular flexibility index (Phi) is 4.07. The van der Waals surface area contributed by atoms with Gasteiger partial charge in [-0.05, 0) is 45.9 Å². The van der Waals surface area contributed by atoms with Crippen molar-refractivity contribution in [2.75, 3.05) is 5.32 Å². The van der Waals surface area contributed by atoms with Crippen molar-refractivity contribution in [3.05, 3.63) is 82.9 Å². The number of ketones is 1. The fourth-order valence-electron chi connectivity index (χ4n) is 5.01. The molecule has 0 amide bonds. The zero-order valence-electron chi connectivity index (χ0n) is 17.0. The third-order valence-corrected chi connectivity index (χ3v) is 6.24. The van der Waals surface area contributed by atoms with Gasteiger partial charge in [-0.1, -0.05) is 62.4 Å². The first kappa shape index (κ1) is 18.6. The summed E-state index contributed by atoms with van der Waals surface area (Å²) in [6.07, 6.45) is 1.24. The van der Waals surface area contributed by atoms with Gasteiger partial charge in [-0.2, -0.15) is 0 Å². The SMILES string of the molecule is CC1(C)CC(=O)C2=C(C1)c1c(ccc3ccccc13)N[C@@H]2c1ccccc1C(=O)O. The molecule has 0 unspecified atom stereocenters. The van der Waals surface area contributed by atoms with Gasteiger partial charge in [0.15, 0.2) is 5.78 Å². The Balaban J connectivity index is 1.82. The van der Waals surface area contributed by atoms with E-state index in [0.717, 1.165) is 34.0 Å². The second-order valence-electron chi connectivity index (χ2n) is 9.01. The average Bonchev–Trinajstić information content (AvgIpc) is 2.71. The van der Waals surface area contributed by atoms with Crippen LogP contribution in [-0.2, 0) is 4.79 Å². The number of anilines is 1. The molecule has 2 N–H and O–H groups in total. The topological polar surface area (TPSA) is 66.4 Å². The molecule has 30 heavy (non-hydrogen) atoms. The highest BCUT2D eigenvalue weighted by Gasteiger charge is 2.41. The van der Waals surface area contributed by atoms with Gasteiger partial charge in [-0.25, -0.2) is 4.79 Å². The summed E-state index contributed by atoms with van der Waals surface area (Å²) < 4.78 is 0. The van der Waals surface area contributed by atoms with E-state index in [1.807, 2.05) is 30.3 Å². The molecule has 5 rings (SSSR count). The lowest BCUT2D eigenvalue weighted by molar-refractivity contribution is -0.118. The monoisotopic (exact) mass is 397 g/mol. The van der Waals surface area contributed by atoms with Gasteiger partial charge < -0.3 is 10.4 Å². The first-order valence-electron chi connectivity index (χ1n) is 10.2. The molecule has 1 aliphatic heterocycles. The molecular weight excluding hydrogens is 374 g/mol. The summed E-state index contributed by atoms with van der Waals surface area (Å²) in [5.41, 5.74) is 4.50. The lowest BCUT2D eigenvalue weighted by Gasteiger charge is -2.40. The summed E-state index contributed by atoms with van der Waals surface area (Å²) in [5.74, 6) is -0.889. The van der Waals surface area contributed by atoms with Gasteiger partial charge in [-0.3, -0.25) is 4.79 Å². The van der Waals surface area contributed by atoms with E-state index in [-0.39, 0.29) is 16.8 Å². The lowest BCUT2D eigenvalue weighted by Crippen LogP contribution is -2.33. The molecule has 0 radical (unpaired) electrons. The molecule has 0 saturated heterocycles. The molecule has 3 aromatic carbocycles. The molecule has 4 heteroatoms. The molecule has 2 aliphatic rings. The fraction of sp³-hybridized carbons (Fsp3) is 0.231. The zero-order chi connectivity index (χ0) is 21.0. The van der Waals surface area contributed by atoms with Crippen molar-refractivity contribution in [2.45, 2.75) is 32.7 Å². The highest BCUT2D eigenvalue weighted by Crippen LogP contribution is 2.52. The molecule has 0 aromatic heterocycles. The Morgan fingerprint density at radius 3 is 2.53 bits per heavy atom. The summed E-state index contributed by atoms with van der Waals surface area (Å²) >= 11 is 0.